The molecule has 1 atom stereocenters. The van der Waals surface area contributed by atoms with E-state index in [1.54, 1.807) is 7.11 Å². The van der Waals surface area contributed by atoms with Gasteiger partial charge in [-0.15, -0.1) is 0 Å². The van der Waals surface area contributed by atoms with Crippen molar-refractivity contribution in [2.45, 2.75) is 26.0 Å². The second-order valence-electron chi connectivity index (χ2n) is 4.04. The van der Waals surface area contributed by atoms with Gasteiger partial charge >= 0.3 is 0 Å². The van der Waals surface area contributed by atoms with E-state index in [4.69, 9.17) is 9.84 Å². The summed E-state index contributed by atoms with van der Waals surface area (Å²) >= 11 is 0. The summed E-state index contributed by atoms with van der Waals surface area (Å²) < 4.78 is 5.05. The molecule has 0 aliphatic carbocycles. The second kappa shape index (κ2) is 7.39. The third-order valence-electron chi connectivity index (χ3n) is 2.53. The normalized spacial score (nSPS) is 12.7. The summed E-state index contributed by atoms with van der Waals surface area (Å²) in [6, 6.07) is 8.45. The van der Waals surface area contributed by atoms with Crippen LogP contribution in [0.15, 0.2) is 24.3 Å². The van der Waals surface area contributed by atoms with E-state index in [2.05, 4.69) is 24.4 Å². The van der Waals surface area contributed by atoms with E-state index in [0.29, 0.717) is 6.04 Å². The molecule has 3 nitrogen and oxygen atoms in total. The van der Waals surface area contributed by atoms with Gasteiger partial charge in [-0.3, -0.25) is 0 Å². The van der Waals surface area contributed by atoms with Crippen LogP contribution >= 0.6 is 0 Å². The maximum absolute atomic E-state index is 8.91. The number of methoxy groups -OCH3 is 1. The first-order valence-corrected chi connectivity index (χ1v) is 5.67. The van der Waals surface area contributed by atoms with Crippen molar-refractivity contribution in [3.8, 4) is 0 Å². The van der Waals surface area contributed by atoms with E-state index in [0.717, 1.165) is 25.1 Å². The lowest BCUT2D eigenvalue weighted by Crippen LogP contribution is -2.31. The third kappa shape index (κ3) is 4.75. The second-order valence-corrected chi connectivity index (χ2v) is 4.04. The van der Waals surface area contributed by atoms with Crippen molar-refractivity contribution in [2.24, 2.45) is 0 Å². The van der Waals surface area contributed by atoms with Gasteiger partial charge in [0.05, 0.1) is 13.2 Å². The third-order valence-corrected chi connectivity index (χ3v) is 2.53. The molecule has 0 amide bonds. The standard InChI is InChI=1S/C13H21NO2/c1-11(10-16-2)14-8-7-12-3-5-13(9-15)6-4-12/h3-6,11,14-15H,7-10H2,1-2H3. The Bertz CT molecular complexity index is 284. The molecule has 0 aromatic heterocycles. The van der Waals surface area contributed by atoms with Gasteiger partial charge in [0.1, 0.15) is 0 Å². The molecule has 1 rings (SSSR count). The van der Waals surface area contributed by atoms with Gasteiger partial charge < -0.3 is 15.2 Å². The number of nitrogens with one attached hydrogen (secondary N) is 1. The molecule has 0 fully saturated rings. The lowest BCUT2D eigenvalue weighted by atomic mass is 10.1. The maximum atomic E-state index is 8.91. The number of aliphatic hydroxyl groups is 1. The lowest BCUT2D eigenvalue weighted by molar-refractivity contribution is 0.172. The zero-order valence-corrected chi connectivity index (χ0v) is 10.1. The smallest absolute Gasteiger partial charge is 0.0681 e. The minimum absolute atomic E-state index is 0.114. The van der Waals surface area contributed by atoms with Crippen LogP contribution in [0.3, 0.4) is 0 Å². The van der Waals surface area contributed by atoms with Gasteiger partial charge in [-0.05, 0) is 31.0 Å². The van der Waals surface area contributed by atoms with E-state index in [1.807, 2.05) is 12.1 Å². The van der Waals surface area contributed by atoms with Crippen molar-refractivity contribution in [1.29, 1.82) is 0 Å². The van der Waals surface area contributed by atoms with Crippen molar-refractivity contribution in [1.82, 2.24) is 5.32 Å². The fourth-order valence-electron chi connectivity index (χ4n) is 1.58. The van der Waals surface area contributed by atoms with Gasteiger partial charge in [0.15, 0.2) is 0 Å². The molecular weight excluding hydrogens is 202 g/mol. The van der Waals surface area contributed by atoms with Crippen LogP contribution in [-0.4, -0.2) is 31.4 Å². The quantitative estimate of drug-likeness (QED) is 0.733. The zero-order chi connectivity index (χ0) is 11.8. The Morgan fingerprint density at radius 3 is 2.44 bits per heavy atom. The van der Waals surface area contributed by atoms with E-state index in [1.165, 1.54) is 5.56 Å². The lowest BCUT2D eigenvalue weighted by Gasteiger charge is -2.12. The van der Waals surface area contributed by atoms with Crippen molar-refractivity contribution >= 4 is 0 Å². The Hall–Kier alpha value is -0.900. The molecule has 0 saturated carbocycles. The van der Waals surface area contributed by atoms with Crippen LogP contribution in [-0.2, 0) is 17.8 Å². The van der Waals surface area contributed by atoms with Crippen LogP contribution < -0.4 is 5.32 Å². The van der Waals surface area contributed by atoms with Crippen LogP contribution in [0.2, 0.25) is 0 Å². The molecule has 3 heteroatoms. The molecule has 0 bridgehead atoms. The van der Waals surface area contributed by atoms with Gasteiger partial charge in [-0.25, -0.2) is 0 Å². The Kier molecular flexibility index (Phi) is 6.08. The SMILES string of the molecule is COCC(C)NCCc1ccc(CO)cc1. The van der Waals surface area contributed by atoms with Crippen molar-refractivity contribution in [3.05, 3.63) is 35.4 Å². The minimum atomic E-state index is 0.114. The molecule has 1 unspecified atom stereocenters. The Labute approximate surface area is 97.4 Å². The number of benzene rings is 1. The molecule has 2 N–H and O–H groups in total. The average Bonchev–Trinajstić information content (AvgIpc) is 2.30. The molecule has 0 radical (unpaired) electrons. The van der Waals surface area contributed by atoms with Crippen LogP contribution in [0, 0.1) is 0 Å². The van der Waals surface area contributed by atoms with Crippen molar-refractivity contribution in [3.63, 3.8) is 0 Å². The highest BCUT2D eigenvalue weighted by atomic mass is 16.5. The predicted molar refractivity (Wildman–Crippen MR) is 65.4 cm³/mol. The number of rotatable bonds is 7. The highest BCUT2D eigenvalue weighted by Gasteiger charge is 1.99. The molecule has 1 aromatic carbocycles. The summed E-state index contributed by atoms with van der Waals surface area (Å²) in [6.07, 6.45) is 1.000. The van der Waals surface area contributed by atoms with Gasteiger partial charge in [-0.1, -0.05) is 24.3 Å². The Morgan fingerprint density at radius 1 is 1.25 bits per heavy atom. The van der Waals surface area contributed by atoms with E-state index in [9.17, 15) is 0 Å². The predicted octanol–water partition coefficient (Wildman–Crippen LogP) is 1.35. The van der Waals surface area contributed by atoms with E-state index >= 15 is 0 Å². The summed E-state index contributed by atoms with van der Waals surface area (Å²) in [6.45, 7) is 3.91. The Morgan fingerprint density at radius 2 is 1.88 bits per heavy atom. The Balaban J connectivity index is 2.26. The van der Waals surface area contributed by atoms with Gasteiger partial charge in [-0.2, -0.15) is 0 Å². The average molecular weight is 223 g/mol. The fraction of sp³-hybridized carbons (Fsp3) is 0.538. The van der Waals surface area contributed by atoms with Crippen molar-refractivity contribution in [2.75, 3.05) is 20.3 Å². The molecule has 1 aromatic rings. The van der Waals surface area contributed by atoms with Crippen molar-refractivity contribution < 1.29 is 9.84 Å². The molecule has 0 saturated heterocycles. The maximum Gasteiger partial charge on any atom is 0.0681 e. The van der Waals surface area contributed by atoms with Crippen LogP contribution in [0.4, 0.5) is 0 Å². The van der Waals surface area contributed by atoms with E-state index < -0.39 is 0 Å². The summed E-state index contributed by atoms with van der Waals surface area (Å²) in [4.78, 5) is 0. The number of ether oxygens (including phenoxy) is 1. The molecule has 0 spiro atoms. The molecule has 16 heavy (non-hydrogen) atoms. The number of hydrogen-bond donors (Lipinski definition) is 2. The largest absolute Gasteiger partial charge is 0.392 e. The number of aliphatic hydroxyl groups excluding tert-OH is 1. The summed E-state index contributed by atoms with van der Waals surface area (Å²) in [5, 5.41) is 12.3. The first-order chi connectivity index (χ1) is 7.76. The minimum Gasteiger partial charge on any atom is -0.392 e. The van der Waals surface area contributed by atoms with Crippen LogP contribution in [0.5, 0.6) is 0 Å². The molecular formula is C13H21NO2. The summed E-state index contributed by atoms with van der Waals surface area (Å²) in [5.41, 5.74) is 2.25. The summed E-state index contributed by atoms with van der Waals surface area (Å²) in [7, 11) is 1.71. The highest BCUT2D eigenvalue weighted by molar-refractivity contribution is 5.22. The first kappa shape index (κ1) is 13.2. The highest BCUT2D eigenvalue weighted by Crippen LogP contribution is 2.04. The van der Waals surface area contributed by atoms with Crippen LogP contribution in [0.25, 0.3) is 0 Å². The molecule has 0 aliphatic rings. The molecule has 0 heterocycles. The summed E-state index contributed by atoms with van der Waals surface area (Å²) in [5.74, 6) is 0. The number of hydrogen-bond acceptors (Lipinski definition) is 3. The zero-order valence-electron chi connectivity index (χ0n) is 10.1. The van der Waals surface area contributed by atoms with E-state index in [-0.39, 0.29) is 6.61 Å². The van der Waals surface area contributed by atoms with Gasteiger partial charge in [0, 0.05) is 13.2 Å². The monoisotopic (exact) mass is 223 g/mol. The topological polar surface area (TPSA) is 41.5 Å². The van der Waals surface area contributed by atoms with Gasteiger partial charge in [0.25, 0.3) is 0 Å². The van der Waals surface area contributed by atoms with Crippen LogP contribution in [0.1, 0.15) is 18.1 Å². The molecule has 0 aliphatic heterocycles. The fourth-order valence-corrected chi connectivity index (χ4v) is 1.58. The first-order valence-electron chi connectivity index (χ1n) is 5.67. The molecule has 90 valence electrons. The van der Waals surface area contributed by atoms with Gasteiger partial charge in [0.2, 0.25) is 0 Å².